The highest BCUT2D eigenvalue weighted by Crippen LogP contribution is 2.19. The maximum absolute atomic E-state index is 8.86. The van der Waals surface area contributed by atoms with Gasteiger partial charge in [-0.05, 0) is 48.4 Å². The summed E-state index contributed by atoms with van der Waals surface area (Å²) in [6.07, 6.45) is 1.07. The van der Waals surface area contributed by atoms with Gasteiger partial charge in [0.2, 0.25) is 0 Å². The first-order valence-electron chi connectivity index (χ1n) is 6.82. The lowest BCUT2D eigenvalue weighted by Crippen LogP contribution is -2.23. The molecular weight excluding hydrogens is 246 g/mol. The number of nitrogens with two attached hydrogens (primary N) is 1. The lowest BCUT2D eigenvalue weighted by atomic mass is 10.1. The first-order chi connectivity index (χ1) is 9.72. The molecule has 0 unspecified atom stereocenters. The van der Waals surface area contributed by atoms with Crippen molar-refractivity contribution < 1.29 is 0 Å². The quantitative estimate of drug-likeness (QED) is 0.841. The summed E-state index contributed by atoms with van der Waals surface area (Å²) >= 11 is 0. The van der Waals surface area contributed by atoms with Crippen LogP contribution in [0.1, 0.15) is 24.5 Å². The zero-order valence-corrected chi connectivity index (χ0v) is 11.7. The van der Waals surface area contributed by atoms with Crippen LogP contribution >= 0.6 is 0 Å². The third-order valence-corrected chi connectivity index (χ3v) is 3.18. The normalized spacial score (nSPS) is 10.0. The Hall–Kier alpha value is -2.47. The predicted octanol–water partition coefficient (Wildman–Crippen LogP) is 3.56. The van der Waals surface area contributed by atoms with E-state index in [1.54, 1.807) is 0 Å². The molecule has 20 heavy (non-hydrogen) atoms. The summed E-state index contributed by atoms with van der Waals surface area (Å²) in [7, 11) is 0. The molecule has 0 aliphatic heterocycles. The molecule has 0 heterocycles. The van der Waals surface area contributed by atoms with E-state index >= 15 is 0 Å². The molecule has 102 valence electrons. The van der Waals surface area contributed by atoms with Gasteiger partial charge in [0.15, 0.2) is 0 Å². The SMILES string of the molecule is CCCN(Cc1cccc(N)c1)c1ccc(C#N)cc1. The molecule has 0 aliphatic carbocycles. The Balaban J connectivity index is 2.19. The Kier molecular flexibility index (Phi) is 4.62. The second-order valence-electron chi connectivity index (χ2n) is 4.83. The molecule has 0 spiro atoms. The summed E-state index contributed by atoms with van der Waals surface area (Å²) in [5.41, 5.74) is 9.64. The Morgan fingerprint density at radius 1 is 1.15 bits per heavy atom. The molecular formula is C17H19N3. The van der Waals surface area contributed by atoms with Gasteiger partial charge >= 0.3 is 0 Å². The fraction of sp³-hybridized carbons (Fsp3) is 0.235. The van der Waals surface area contributed by atoms with Gasteiger partial charge in [-0.1, -0.05) is 19.1 Å². The van der Waals surface area contributed by atoms with E-state index < -0.39 is 0 Å². The van der Waals surface area contributed by atoms with E-state index in [-0.39, 0.29) is 0 Å². The van der Waals surface area contributed by atoms with E-state index in [4.69, 9.17) is 11.0 Å². The summed E-state index contributed by atoms with van der Waals surface area (Å²) in [5.74, 6) is 0. The molecule has 3 nitrogen and oxygen atoms in total. The Morgan fingerprint density at radius 2 is 1.90 bits per heavy atom. The lowest BCUT2D eigenvalue weighted by Gasteiger charge is -2.24. The maximum Gasteiger partial charge on any atom is 0.0991 e. The Morgan fingerprint density at radius 3 is 2.50 bits per heavy atom. The lowest BCUT2D eigenvalue weighted by molar-refractivity contribution is 0.767. The van der Waals surface area contributed by atoms with Crippen LogP contribution in [0.4, 0.5) is 11.4 Å². The van der Waals surface area contributed by atoms with Crippen LogP contribution in [0.15, 0.2) is 48.5 Å². The maximum atomic E-state index is 8.86. The van der Waals surface area contributed by atoms with E-state index in [1.807, 2.05) is 42.5 Å². The minimum absolute atomic E-state index is 0.689. The average Bonchev–Trinajstić information content (AvgIpc) is 2.47. The van der Waals surface area contributed by atoms with Crippen LogP contribution in [0.25, 0.3) is 0 Å². The molecule has 0 saturated carbocycles. The van der Waals surface area contributed by atoms with Gasteiger partial charge in [-0.25, -0.2) is 0 Å². The van der Waals surface area contributed by atoms with Crippen molar-refractivity contribution in [1.29, 1.82) is 5.26 Å². The minimum atomic E-state index is 0.689. The molecule has 0 saturated heterocycles. The molecule has 0 amide bonds. The van der Waals surface area contributed by atoms with Crippen molar-refractivity contribution in [2.45, 2.75) is 19.9 Å². The van der Waals surface area contributed by atoms with Crippen molar-refractivity contribution in [3.05, 3.63) is 59.7 Å². The first kappa shape index (κ1) is 14.0. The first-order valence-corrected chi connectivity index (χ1v) is 6.82. The number of hydrogen-bond donors (Lipinski definition) is 1. The van der Waals surface area contributed by atoms with Crippen LogP contribution in [0.3, 0.4) is 0 Å². The molecule has 3 heteroatoms. The van der Waals surface area contributed by atoms with Crippen LogP contribution in [0.2, 0.25) is 0 Å². The summed E-state index contributed by atoms with van der Waals surface area (Å²) < 4.78 is 0. The monoisotopic (exact) mass is 265 g/mol. The minimum Gasteiger partial charge on any atom is -0.399 e. The smallest absolute Gasteiger partial charge is 0.0991 e. The zero-order chi connectivity index (χ0) is 14.4. The van der Waals surface area contributed by atoms with Gasteiger partial charge in [0.25, 0.3) is 0 Å². The predicted molar refractivity (Wildman–Crippen MR) is 83.4 cm³/mol. The zero-order valence-electron chi connectivity index (χ0n) is 11.7. The van der Waals surface area contributed by atoms with Gasteiger partial charge in [-0.2, -0.15) is 5.26 Å². The van der Waals surface area contributed by atoms with Crippen LogP contribution in [-0.2, 0) is 6.54 Å². The fourth-order valence-electron chi connectivity index (χ4n) is 2.23. The van der Waals surface area contributed by atoms with Crippen molar-refractivity contribution in [3.8, 4) is 6.07 Å². The third-order valence-electron chi connectivity index (χ3n) is 3.18. The van der Waals surface area contributed by atoms with Crippen molar-refractivity contribution >= 4 is 11.4 Å². The van der Waals surface area contributed by atoms with Gasteiger partial charge in [-0.15, -0.1) is 0 Å². The number of nitrogen functional groups attached to an aromatic ring is 1. The van der Waals surface area contributed by atoms with Crippen molar-refractivity contribution in [1.82, 2.24) is 0 Å². The van der Waals surface area contributed by atoms with E-state index in [9.17, 15) is 0 Å². The molecule has 2 N–H and O–H groups in total. The Bertz CT molecular complexity index is 596. The average molecular weight is 265 g/mol. The number of benzene rings is 2. The molecule has 0 fully saturated rings. The van der Waals surface area contributed by atoms with Gasteiger partial charge in [0.1, 0.15) is 0 Å². The van der Waals surface area contributed by atoms with Crippen molar-refractivity contribution in [2.75, 3.05) is 17.2 Å². The largest absolute Gasteiger partial charge is 0.399 e. The molecule has 2 rings (SSSR count). The molecule has 0 atom stereocenters. The summed E-state index contributed by atoms with van der Waals surface area (Å²) in [6, 6.07) is 17.8. The second kappa shape index (κ2) is 6.63. The standard InChI is InChI=1S/C17H19N3/c1-2-10-20(13-15-4-3-5-16(19)11-15)17-8-6-14(12-18)7-9-17/h3-9,11H,2,10,13,19H2,1H3. The van der Waals surface area contributed by atoms with E-state index in [0.717, 1.165) is 30.9 Å². The molecule has 2 aromatic rings. The van der Waals surface area contributed by atoms with Crippen LogP contribution in [0.5, 0.6) is 0 Å². The third kappa shape index (κ3) is 3.52. The van der Waals surface area contributed by atoms with Gasteiger partial charge in [0, 0.05) is 24.5 Å². The summed E-state index contributed by atoms with van der Waals surface area (Å²) in [4.78, 5) is 2.30. The van der Waals surface area contributed by atoms with Gasteiger partial charge in [-0.3, -0.25) is 0 Å². The van der Waals surface area contributed by atoms with E-state index in [0.29, 0.717) is 5.56 Å². The van der Waals surface area contributed by atoms with Crippen molar-refractivity contribution in [2.24, 2.45) is 0 Å². The molecule has 0 aromatic heterocycles. The molecule has 0 radical (unpaired) electrons. The fourth-order valence-corrected chi connectivity index (χ4v) is 2.23. The number of hydrogen-bond acceptors (Lipinski definition) is 3. The van der Waals surface area contributed by atoms with Gasteiger partial charge in [0.05, 0.1) is 11.6 Å². The number of nitrogens with zero attached hydrogens (tertiary/aromatic N) is 2. The van der Waals surface area contributed by atoms with Gasteiger partial charge < -0.3 is 10.6 Å². The highest BCUT2D eigenvalue weighted by molar-refractivity contribution is 5.51. The highest BCUT2D eigenvalue weighted by atomic mass is 15.1. The van der Waals surface area contributed by atoms with E-state index in [2.05, 4.69) is 24.0 Å². The number of rotatable bonds is 5. The number of anilines is 2. The number of nitriles is 1. The second-order valence-corrected chi connectivity index (χ2v) is 4.83. The van der Waals surface area contributed by atoms with E-state index in [1.165, 1.54) is 5.56 Å². The van der Waals surface area contributed by atoms with Crippen molar-refractivity contribution in [3.63, 3.8) is 0 Å². The molecule has 2 aromatic carbocycles. The molecule has 0 bridgehead atoms. The van der Waals surface area contributed by atoms with Crippen LogP contribution in [-0.4, -0.2) is 6.54 Å². The Labute approximate surface area is 120 Å². The van der Waals surface area contributed by atoms with Crippen LogP contribution in [0, 0.1) is 11.3 Å². The summed E-state index contributed by atoms with van der Waals surface area (Å²) in [5, 5.41) is 8.86. The highest BCUT2D eigenvalue weighted by Gasteiger charge is 2.07. The summed E-state index contributed by atoms with van der Waals surface area (Å²) in [6.45, 7) is 3.96. The van der Waals surface area contributed by atoms with Crippen LogP contribution < -0.4 is 10.6 Å². The molecule has 0 aliphatic rings. The topological polar surface area (TPSA) is 53.0 Å².